The Morgan fingerprint density at radius 2 is 2.19 bits per heavy atom. The molecule has 3 aliphatic carbocycles. The van der Waals surface area contributed by atoms with E-state index in [-0.39, 0.29) is 5.41 Å². The molecule has 3 heteroatoms. The van der Waals surface area contributed by atoms with Gasteiger partial charge in [0.2, 0.25) is 0 Å². The Hall–Kier alpha value is -0.570. The summed E-state index contributed by atoms with van der Waals surface area (Å²) in [7, 11) is 0. The molecule has 3 rings (SSSR count). The monoisotopic (exact) mass is 223 g/mol. The lowest BCUT2D eigenvalue weighted by Gasteiger charge is -2.66. The molecular formula is C13H21NO2. The van der Waals surface area contributed by atoms with E-state index in [1.165, 1.54) is 25.7 Å². The van der Waals surface area contributed by atoms with Crippen LogP contribution in [-0.2, 0) is 4.79 Å². The highest BCUT2D eigenvalue weighted by Crippen LogP contribution is 2.76. The van der Waals surface area contributed by atoms with Crippen molar-refractivity contribution in [2.24, 2.45) is 34.3 Å². The number of rotatable bonds is 3. The molecule has 0 saturated heterocycles. The van der Waals surface area contributed by atoms with E-state index in [9.17, 15) is 4.79 Å². The summed E-state index contributed by atoms with van der Waals surface area (Å²) in [6.45, 7) is 2.94. The molecule has 0 aliphatic heterocycles. The van der Waals surface area contributed by atoms with Crippen molar-refractivity contribution in [1.82, 2.24) is 0 Å². The van der Waals surface area contributed by atoms with Gasteiger partial charge in [-0.05, 0) is 54.4 Å². The molecule has 3 aliphatic rings. The average molecular weight is 223 g/mol. The number of hydrogen-bond acceptors (Lipinski definition) is 2. The maximum Gasteiger partial charge on any atom is 0.303 e. The summed E-state index contributed by atoms with van der Waals surface area (Å²) in [5.74, 6) is 1.35. The van der Waals surface area contributed by atoms with Crippen molar-refractivity contribution >= 4 is 5.97 Å². The Bertz CT molecular complexity index is 333. The van der Waals surface area contributed by atoms with Crippen molar-refractivity contribution in [3.05, 3.63) is 0 Å². The molecule has 2 unspecified atom stereocenters. The molecule has 0 aromatic carbocycles. The molecule has 0 heterocycles. The first kappa shape index (κ1) is 10.6. The van der Waals surface area contributed by atoms with Crippen LogP contribution in [0.1, 0.15) is 39.0 Å². The fourth-order valence-electron chi connectivity index (χ4n) is 5.65. The van der Waals surface area contributed by atoms with Gasteiger partial charge in [0, 0.05) is 0 Å². The van der Waals surface area contributed by atoms with E-state index in [1.54, 1.807) is 0 Å². The van der Waals surface area contributed by atoms with Gasteiger partial charge < -0.3 is 10.8 Å². The van der Waals surface area contributed by atoms with Gasteiger partial charge in [-0.25, -0.2) is 0 Å². The van der Waals surface area contributed by atoms with E-state index >= 15 is 0 Å². The summed E-state index contributed by atoms with van der Waals surface area (Å²) >= 11 is 0. The van der Waals surface area contributed by atoms with Crippen molar-refractivity contribution in [1.29, 1.82) is 0 Å². The minimum Gasteiger partial charge on any atom is -0.481 e. The largest absolute Gasteiger partial charge is 0.481 e. The van der Waals surface area contributed by atoms with E-state index in [0.717, 1.165) is 5.92 Å². The highest BCUT2D eigenvalue weighted by atomic mass is 16.4. The van der Waals surface area contributed by atoms with Crippen LogP contribution in [0.3, 0.4) is 0 Å². The minimum atomic E-state index is -0.664. The van der Waals surface area contributed by atoms with Crippen LogP contribution in [0.2, 0.25) is 0 Å². The van der Waals surface area contributed by atoms with Gasteiger partial charge in [-0.2, -0.15) is 0 Å². The summed E-state index contributed by atoms with van der Waals surface area (Å²) in [5.41, 5.74) is 6.32. The molecule has 2 bridgehead atoms. The highest BCUT2D eigenvalue weighted by Gasteiger charge is 2.72. The minimum absolute atomic E-state index is 0.0637. The zero-order valence-electron chi connectivity index (χ0n) is 9.91. The van der Waals surface area contributed by atoms with E-state index in [4.69, 9.17) is 10.8 Å². The Morgan fingerprint density at radius 1 is 1.44 bits per heavy atom. The number of carboxylic acids is 1. The second-order valence-corrected chi connectivity index (χ2v) is 6.50. The fourth-order valence-corrected chi connectivity index (χ4v) is 5.65. The SMILES string of the molecule is CC12C[C@@H]3CCC1[C@@](CN)(CC(=O)O)[C@H]2C3. The highest BCUT2D eigenvalue weighted by molar-refractivity contribution is 5.68. The van der Waals surface area contributed by atoms with E-state index < -0.39 is 5.97 Å². The Morgan fingerprint density at radius 3 is 2.81 bits per heavy atom. The van der Waals surface area contributed by atoms with Gasteiger partial charge in [-0.1, -0.05) is 13.3 Å². The molecule has 0 aromatic heterocycles. The van der Waals surface area contributed by atoms with Crippen molar-refractivity contribution in [2.45, 2.75) is 39.0 Å². The van der Waals surface area contributed by atoms with Gasteiger partial charge >= 0.3 is 5.97 Å². The smallest absolute Gasteiger partial charge is 0.303 e. The first-order valence-electron chi connectivity index (χ1n) is 6.45. The average Bonchev–Trinajstić information content (AvgIpc) is 2.35. The molecule has 0 amide bonds. The molecular weight excluding hydrogens is 202 g/mol. The van der Waals surface area contributed by atoms with Crippen LogP contribution >= 0.6 is 0 Å². The summed E-state index contributed by atoms with van der Waals surface area (Å²) in [6.07, 6.45) is 5.36. The van der Waals surface area contributed by atoms with Crippen LogP contribution in [0.15, 0.2) is 0 Å². The number of fused-ring (bicyclic) bond motifs is 1. The topological polar surface area (TPSA) is 63.3 Å². The third-order valence-corrected chi connectivity index (χ3v) is 6.00. The zero-order chi connectivity index (χ0) is 11.6. The van der Waals surface area contributed by atoms with Crippen molar-refractivity contribution in [2.75, 3.05) is 6.54 Å². The molecule has 90 valence electrons. The lowest BCUT2D eigenvalue weighted by molar-refractivity contribution is -0.189. The Kier molecular flexibility index (Phi) is 1.99. The molecule has 0 spiro atoms. The Balaban J connectivity index is 1.95. The molecule has 3 fully saturated rings. The van der Waals surface area contributed by atoms with Gasteiger partial charge in [0.25, 0.3) is 0 Å². The van der Waals surface area contributed by atoms with Crippen LogP contribution in [0.25, 0.3) is 0 Å². The normalized spacial score (nSPS) is 53.5. The van der Waals surface area contributed by atoms with E-state index in [1.807, 2.05) is 0 Å². The number of carboxylic acid groups (broad SMARTS) is 1. The second kappa shape index (κ2) is 3.00. The first-order valence-corrected chi connectivity index (χ1v) is 6.45. The fraction of sp³-hybridized carbons (Fsp3) is 0.923. The maximum absolute atomic E-state index is 11.1. The molecule has 16 heavy (non-hydrogen) atoms. The molecule has 0 radical (unpaired) electrons. The number of aliphatic carboxylic acids is 1. The van der Waals surface area contributed by atoms with E-state index in [0.29, 0.717) is 30.2 Å². The number of carbonyl (C=O) groups is 1. The van der Waals surface area contributed by atoms with Crippen LogP contribution in [0, 0.1) is 28.6 Å². The van der Waals surface area contributed by atoms with Crippen LogP contribution < -0.4 is 5.73 Å². The third kappa shape index (κ3) is 1.01. The molecule has 0 aromatic rings. The third-order valence-electron chi connectivity index (χ3n) is 6.00. The molecule has 5 atom stereocenters. The maximum atomic E-state index is 11.1. The van der Waals surface area contributed by atoms with Crippen molar-refractivity contribution < 1.29 is 9.90 Å². The lowest BCUT2D eigenvalue weighted by atomic mass is 9.38. The van der Waals surface area contributed by atoms with Gasteiger partial charge in [-0.15, -0.1) is 0 Å². The molecule has 3 N–H and O–H groups in total. The van der Waals surface area contributed by atoms with Crippen LogP contribution in [-0.4, -0.2) is 17.6 Å². The molecule has 3 nitrogen and oxygen atoms in total. The van der Waals surface area contributed by atoms with Gasteiger partial charge in [0.15, 0.2) is 0 Å². The van der Waals surface area contributed by atoms with Crippen LogP contribution in [0.4, 0.5) is 0 Å². The Labute approximate surface area is 96.4 Å². The zero-order valence-corrected chi connectivity index (χ0v) is 9.91. The summed E-state index contributed by atoms with van der Waals surface area (Å²) < 4.78 is 0. The van der Waals surface area contributed by atoms with Crippen LogP contribution in [0.5, 0.6) is 0 Å². The second-order valence-electron chi connectivity index (χ2n) is 6.50. The predicted molar refractivity (Wildman–Crippen MR) is 60.8 cm³/mol. The quantitative estimate of drug-likeness (QED) is 0.767. The molecule has 3 saturated carbocycles. The summed E-state index contributed by atoms with van der Waals surface area (Å²) in [5, 5.41) is 9.12. The lowest BCUT2D eigenvalue weighted by Crippen LogP contribution is -2.64. The predicted octanol–water partition coefficient (Wildman–Crippen LogP) is 1.86. The number of nitrogens with two attached hydrogens (primary N) is 1. The summed E-state index contributed by atoms with van der Waals surface area (Å²) in [4.78, 5) is 11.1. The van der Waals surface area contributed by atoms with Gasteiger partial charge in [-0.3, -0.25) is 4.79 Å². The number of hydrogen-bond donors (Lipinski definition) is 2. The van der Waals surface area contributed by atoms with E-state index in [2.05, 4.69) is 6.92 Å². The van der Waals surface area contributed by atoms with Crippen molar-refractivity contribution in [3.8, 4) is 0 Å². The van der Waals surface area contributed by atoms with Crippen molar-refractivity contribution in [3.63, 3.8) is 0 Å². The first-order chi connectivity index (χ1) is 7.53. The summed E-state index contributed by atoms with van der Waals surface area (Å²) in [6, 6.07) is 0. The van der Waals surface area contributed by atoms with Gasteiger partial charge in [0.1, 0.15) is 0 Å². The van der Waals surface area contributed by atoms with Gasteiger partial charge in [0.05, 0.1) is 6.42 Å². The standard InChI is InChI=1S/C13H21NO2/c1-12-5-8-2-3-9(12)13(7-14,6-11(15)16)10(12)4-8/h8-10H,2-7,14H2,1H3,(H,15,16)/t8-,9?,10+,12?,13+/m1/s1.